The Morgan fingerprint density at radius 2 is 2.30 bits per heavy atom. The molecule has 0 aromatic rings. The second-order valence-electron chi connectivity index (χ2n) is 2.13. The Morgan fingerprint density at radius 3 is 2.80 bits per heavy atom. The standard InChI is InChI=1S/C9H15N/c1-3-6-9(2)7-4-5-8-10/h3-4,6-7H,1,5,8,10H2,2H3/b7-4+,9-6-. The summed E-state index contributed by atoms with van der Waals surface area (Å²) in [5, 5.41) is 0. The SMILES string of the molecule is C=C/C=C(C)\C=C\CCN. The van der Waals surface area contributed by atoms with Crippen molar-refractivity contribution in [2.75, 3.05) is 6.54 Å². The maximum absolute atomic E-state index is 5.30. The van der Waals surface area contributed by atoms with Crippen molar-refractivity contribution in [3.05, 3.63) is 36.5 Å². The highest BCUT2D eigenvalue weighted by molar-refractivity contribution is 5.20. The monoisotopic (exact) mass is 137 g/mol. The fraction of sp³-hybridized carbons (Fsp3) is 0.333. The Morgan fingerprint density at radius 1 is 1.60 bits per heavy atom. The molecule has 0 rings (SSSR count). The molecule has 0 aliphatic carbocycles. The lowest BCUT2D eigenvalue weighted by atomic mass is 10.2. The van der Waals surface area contributed by atoms with E-state index in [1.54, 1.807) is 6.08 Å². The van der Waals surface area contributed by atoms with Gasteiger partial charge in [0.25, 0.3) is 0 Å². The molecule has 0 aliphatic rings. The predicted octanol–water partition coefficient (Wildman–Crippen LogP) is 2.02. The van der Waals surface area contributed by atoms with Crippen LogP contribution >= 0.6 is 0 Å². The third-order valence-corrected chi connectivity index (χ3v) is 1.09. The largest absolute Gasteiger partial charge is 0.330 e. The highest BCUT2D eigenvalue weighted by Crippen LogP contribution is 1.95. The van der Waals surface area contributed by atoms with E-state index in [2.05, 4.69) is 18.7 Å². The van der Waals surface area contributed by atoms with Crippen LogP contribution in [0.15, 0.2) is 36.5 Å². The molecule has 0 fully saturated rings. The molecule has 0 aromatic carbocycles. The first-order valence-electron chi connectivity index (χ1n) is 3.47. The summed E-state index contributed by atoms with van der Waals surface area (Å²) < 4.78 is 0. The molecule has 1 nitrogen and oxygen atoms in total. The molecule has 0 bridgehead atoms. The van der Waals surface area contributed by atoms with Crippen LogP contribution in [0.25, 0.3) is 0 Å². The Labute approximate surface area is 62.9 Å². The summed E-state index contributed by atoms with van der Waals surface area (Å²) in [5.74, 6) is 0. The van der Waals surface area contributed by atoms with Gasteiger partial charge in [-0.15, -0.1) is 0 Å². The molecule has 0 heterocycles. The molecule has 10 heavy (non-hydrogen) atoms. The van der Waals surface area contributed by atoms with E-state index in [4.69, 9.17) is 5.73 Å². The van der Waals surface area contributed by atoms with E-state index >= 15 is 0 Å². The van der Waals surface area contributed by atoms with Gasteiger partial charge < -0.3 is 5.73 Å². The molecule has 0 unspecified atom stereocenters. The van der Waals surface area contributed by atoms with Crippen molar-refractivity contribution in [2.24, 2.45) is 5.73 Å². The van der Waals surface area contributed by atoms with Gasteiger partial charge in [0.2, 0.25) is 0 Å². The van der Waals surface area contributed by atoms with Crippen molar-refractivity contribution in [1.82, 2.24) is 0 Å². The van der Waals surface area contributed by atoms with Crippen LogP contribution in [0, 0.1) is 0 Å². The average molecular weight is 137 g/mol. The molecular formula is C9H15N. The quantitative estimate of drug-likeness (QED) is 0.589. The topological polar surface area (TPSA) is 26.0 Å². The third-order valence-electron chi connectivity index (χ3n) is 1.09. The van der Waals surface area contributed by atoms with Crippen LogP contribution in [-0.2, 0) is 0 Å². The Bertz CT molecular complexity index is 143. The lowest BCUT2D eigenvalue weighted by molar-refractivity contribution is 1.01. The van der Waals surface area contributed by atoms with Crippen molar-refractivity contribution in [1.29, 1.82) is 0 Å². The molecule has 0 spiro atoms. The second kappa shape index (κ2) is 6.30. The van der Waals surface area contributed by atoms with Crippen LogP contribution in [0.4, 0.5) is 0 Å². The number of allylic oxidation sites excluding steroid dienone is 4. The highest BCUT2D eigenvalue weighted by atomic mass is 14.5. The van der Waals surface area contributed by atoms with Gasteiger partial charge in [-0.25, -0.2) is 0 Å². The van der Waals surface area contributed by atoms with Gasteiger partial charge in [-0.2, -0.15) is 0 Å². The van der Waals surface area contributed by atoms with Crippen LogP contribution in [0.5, 0.6) is 0 Å². The normalized spacial score (nSPS) is 12.4. The Balaban J connectivity index is 3.65. The summed E-state index contributed by atoms with van der Waals surface area (Å²) in [6, 6.07) is 0. The maximum Gasteiger partial charge on any atom is -0.00425 e. The van der Waals surface area contributed by atoms with E-state index in [0.717, 1.165) is 13.0 Å². The van der Waals surface area contributed by atoms with Crippen LogP contribution in [0.3, 0.4) is 0 Å². The van der Waals surface area contributed by atoms with E-state index in [9.17, 15) is 0 Å². The van der Waals surface area contributed by atoms with Crippen LogP contribution < -0.4 is 5.73 Å². The van der Waals surface area contributed by atoms with Gasteiger partial charge in [-0.05, 0) is 19.9 Å². The zero-order valence-electron chi connectivity index (χ0n) is 6.51. The van der Waals surface area contributed by atoms with E-state index in [1.807, 2.05) is 13.0 Å². The first kappa shape index (κ1) is 9.18. The molecule has 0 aliphatic heterocycles. The lowest BCUT2D eigenvalue weighted by Crippen LogP contribution is -1.94. The molecule has 0 amide bonds. The Kier molecular flexibility index (Phi) is 5.79. The van der Waals surface area contributed by atoms with Crippen molar-refractivity contribution >= 4 is 0 Å². The van der Waals surface area contributed by atoms with E-state index < -0.39 is 0 Å². The van der Waals surface area contributed by atoms with E-state index in [1.165, 1.54) is 5.57 Å². The fourth-order valence-corrected chi connectivity index (χ4v) is 0.607. The lowest BCUT2D eigenvalue weighted by Gasteiger charge is -1.87. The number of hydrogen-bond acceptors (Lipinski definition) is 1. The molecule has 2 N–H and O–H groups in total. The van der Waals surface area contributed by atoms with Gasteiger partial charge in [0.1, 0.15) is 0 Å². The van der Waals surface area contributed by atoms with Crippen LogP contribution in [0.1, 0.15) is 13.3 Å². The summed E-state index contributed by atoms with van der Waals surface area (Å²) in [6.45, 7) is 6.35. The van der Waals surface area contributed by atoms with Gasteiger partial charge in [0.05, 0.1) is 0 Å². The van der Waals surface area contributed by atoms with Gasteiger partial charge in [-0.3, -0.25) is 0 Å². The summed E-state index contributed by atoms with van der Waals surface area (Å²) in [4.78, 5) is 0. The summed E-state index contributed by atoms with van der Waals surface area (Å²) in [6.07, 6.45) is 8.81. The fourth-order valence-electron chi connectivity index (χ4n) is 0.607. The maximum atomic E-state index is 5.30. The van der Waals surface area contributed by atoms with Crippen LogP contribution in [-0.4, -0.2) is 6.54 Å². The van der Waals surface area contributed by atoms with Crippen molar-refractivity contribution in [2.45, 2.75) is 13.3 Å². The summed E-state index contributed by atoms with van der Waals surface area (Å²) >= 11 is 0. The zero-order valence-corrected chi connectivity index (χ0v) is 6.51. The summed E-state index contributed by atoms with van der Waals surface area (Å²) in [7, 11) is 0. The van der Waals surface area contributed by atoms with Gasteiger partial charge in [-0.1, -0.05) is 36.5 Å². The molecule has 0 aromatic heterocycles. The molecule has 0 atom stereocenters. The first-order valence-corrected chi connectivity index (χ1v) is 3.47. The minimum absolute atomic E-state index is 0.720. The first-order chi connectivity index (χ1) is 4.81. The summed E-state index contributed by atoms with van der Waals surface area (Å²) in [5.41, 5.74) is 6.51. The van der Waals surface area contributed by atoms with E-state index in [-0.39, 0.29) is 0 Å². The zero-order chi connectivity index (χ0) is 7.82. The minimum Gasteiger partial charge on any atom is -0.330 e. The number of nitrogens with two attached hydrogens (primary N) is 1. The number of rotatable bonds is 4. The van der Waals surface area contributed by atoms with Crippen molar-refractivity contribution in [3.63, 3.8) is 0 Å². The van der Waals surface area contributed by atoms with Gasteiger partial charge >= 0.3 is 0 Å². The molecule has 1 heteroatoms. The van der Waals surface area contributed by atoms with Gasteiger partial charge in [0, 0.05) is 0 Å². The molecular weight excluding hydrogens is 122 g/mol. The van der Waals surface area contributed by atoms with Crippen molar-refractivity contribution in [3.8, 4) is 0 Å². The molecule has 56 valence electrons. The van der Waals surface area contributed by atoms with Gasteiger partial charge in [0.15, 0.2) is 0 Å². The Hall–Kier alpha value is -0.820. The minimum atomic E-state index is 0.720. The smallest absolute Gasteiger partial charge is 0.00425 e. The van der Waals surface area contributed by atoms with E-state index in [0.29, 0.717) is 0 Å². The average Bonchev–Trinajstić information content (AvgIpc) is 1.89. The number of hydrogen-bond donors (Lipinski definition) is 1. The molecule has 0 saturated carbocycles. The second-order valence-corrected chi connectivity index (χ2v) is 2.13. The van der Waals surface area contributed by atoms with Crippen molar-refractivity contribution < 1.29 is 0 Å². The third kappa shape index (κ3) is 5.32. The molecule has 0 saturated heterocycles. The molecule has 0 radical (unpaired) electrons. The van der Waals surface area contributed by atoms with Crippen LogP contribution in [0.2, 0.25) is 0 Å². The predicted molar refractivity (Wildman–Crippen MR) is 46.8 cm³/mol. The highest BCUT2D eigenvalue weighted by Gasteiger charge is 1.76.